The van der Waals surface area contributed by atoms with Crippen molar-refractivity contribution in [3.63, 3.8) is 0 Å². The molecule has 0 aromatic heterocycles. The molecule has 2 saturated carbocycles. The number of rotatable bonds is 16. The Balaban J connectivity index is 0.000000199. The van der Waals surface area contributed by atoms with Crippen LogP contribution in [0.5, 0.6) is 0 Å². The minimum atomic E-state index is -1.04. The molecule has 2 saturated heterocycles. The van der Waals surface area contributed by atoms with Crippen LogP contribution in [0.2, 0.25) is 0 Å². The third-order valence-electron chi connectivity index (χ3n) is 13.7. The smallest absolute Gasteiger partial charge is 0.325 e. The van der Waals surface area contributed by atoms with Crippen molar-refractivity contribution in [1.29, 1.82) is 0 Å². The second-order valence-corrected chi connectivity index (χ2v) is 18.2. The van der Waals surface area contributed by atoms with Crippen LogP contribution >= 0.6 is 0 Å². The summed E-state index contributed by atoms with van der Waals surface area (Å²) in [7, 11) is 0. The standard InChI is InChI=1S/C26H30FN3O4.C26H31N3O4/c27-21-16-18(15-17-7-3-1-4-8-17)11-12-19(21)13-14-22-25(32)30(26(33)28-22)23(24(31)29-34)20-9-5-2-6-10-20;30-24(28-33)23(21-9-5-2-6-10-21)29-25(31)22(27-26(29)32)16-15-18-11-13-20(14-12-18)17-19-7-3-1-4-8-19/h1,3-4,7-8,11-12,16,20,22-23,34H,2,5-6,9-10,13-15H2,(H,28,33)(H,29,31);1,3-4,7-8,11-14,21-23,33H,2,5-6,9-10,15-17H2,(H,27,32)(H,28,30). The van der Waals surface area contributed by atoms with Gasteiger partial charge in [0.15, 0.2) is 0 Å². The summed E-state index contributed by atoms with van der Waals surface area (Å²) in [4.78, 5) is 78.3. The lowest BCUT2D eigenvalue weighted by atomic mass is 9.83. The van der Waals surface area contributed by atoms with Crippen molar-refractivity contribution >= 4 is 35.7 Å². The minimum Gasteiger partial charge on any atom is -0.326 e. The van der Waals surface area contributed by atoms with Gasteiger partial charge >= 0.3 is 12.1 Å². The lowest BCUT2D eigenvalue weighted by molar-refractivity contribution is -0.143. The van der Waals surface area contributed by atoms with Gasteiger partial charge in [0.25, 0.3) is 23.6 Å². The van der Waals surface area contributed by atoms with E-state index in [9.17, 15) is 43.6 Å². The first-order valence-electron chi connectivity index (χ1n) is 23.6. The number of carbonyl (C=O) groups is 6. The largest absolute Gasteiger partial charge is 0.326 e. The molecule has 2 aliphatic heterocycles. The van der Waals surface area contributed by atoms with Gasteiger partial charge in [0.2, 0.25) is 0 Å². The van der Waals surface area contributed by atoms with Crippen LogP contribution in [0, 0.1) is 17.7 Å². The van der Waals surface area contributed by atoms with E-state index in [-0.39, 0.29) is 36.4 Å². The summed E-state index contributed by atoms with van der Waals surface area (Å²) in [5.74, 6) is -3.01. The number of hydrogen-bond acceptors (Lipinski definition) is 8. The van der Waals surface area contributed by atoms with Gasteiger partial charge in [-0.3, -0.25) is 29.6 Å². The molecular formula is C52H61FN6O8. The van der Waals surface area contributed by atoms with Crippen LogP contribution in [0.25, 0.3) is 0 Å². The van der Waals surface area contributed by atoms with Crippen molar-refractivity contribution in [2.75, 3.05) is 0 Å². The zero-order valence-electron chi connectivity index (χ0n) is 37.7. The number of hydrogen-bond donors (Lipinski definition) is 6. The van der Waals surface area contributed by atoms with Crippen LogP contribution in [0.1, 0.15) is 110 Å². The summed E-state index contributed by atoms with van der Waals surface area (Å²) < 4.78 is 14.7. The Hall–Kier alpha value is -6.45. The Bertz CT molecular complexity index is 2340. The number of halogens is 1. The lowest BCUT2D eigenvalue weighted by Crippen LogP contribution is -2.53. The third kappa shape index (κ3) is 12.3. The average Bonchev–Trinajstić information content (AvgIpc) is 3.80. The maximum atomic E-state index is 14.7. The quantitative estimate of drug-likeness (QED) is 0.0382. The molecule has 14 nitrogen and oxygen atoms in total. The number of benzene rings is 4. The molecule has 4 fully saturated rings. The molecule has 4 aromatic carbocycles. The molecule has 67 heavy (non-hydrogen) atoms. The van der Waals surface area contributed by atoms with Crippen molar-refractivity contribution in [2.45, 2.75) is 127 Å². The van der Waals surface area contributed by atoms with E-state index in [0.717, 1.165) is 84.3 Å². The van der Waals surface area contributed by atoms with Gasteiger partial charge in [-0.2, -0.15) is 0 Å². The summed E-state index contributed by atoms with van der Waals surface area (Å²) >= 11 is 0. The number of amides is 8. The molecule has 0 bridgehead atoms. The van der Waals surface area contributed by atoms with E-state index in [4.69, 9.17) is 0 Å². The Morgan fingerprint density at radius 1 is 0.552 bits per heavy atom. The molecule has 4 aromatic rings. The Labute approximate surface area is 390 Å². The number of hydroxylamine groups is 2. The minimum absolute atomic E-state index is 0.128. The van der Waals surface area contributed by atoms with Gasteiger partial charge in [-0.05, 0) is 115 Å². The Morgan fingerprint density at radius 3 is 1.40 bits per heavy atom. The summed E-state index contributed by atoms with van der Waals surface area (Å²) in [5, 5.41) is 23.8. The van der Waals surface area contributed by atoms with Gasteiger partial charge in [0.1, 0.15) is 30.0 Å². The van der Waals surface area contributed by atoms with Gasteiger partial charge < -0.3 is 10.6 Å². The van der Waals surface area contributed by atoms with E-state index < -0.39 is 54.0 Å². The van der Waals surface area contributed by atoms with Crippen LogP contribution in [0.15, 0.2) is 103 Å². The number of urea groups is 2. The van der Waals surface area contributed by atoms with Crippen LogP contribution in [0.4, 0.5) is 14.0 Å². The molecule has 0 radical (unpaired) electrons. The van der Waals surface area contributed by atoms with Gasteiger partial charge in [0, 0.05) is 0 Å². The highest BCUT2D eigenvalue weighted by atomic mass is 19.1. The molecular weight excluding hydrogens is 856 g/mol. The second-order valence-electron chi connectivity index (χ2n) is 18.2. The van der Waals surface area contributed by atoms with Crippen molar-refractivity contribution in [3.05, 3.63) is 142 Å². The van der Waals surface area contributed by atoms with E-state index >= 15 is 0 Å². The molecule has 15 heteroatoms. The monoisotopic (exact) mass is 916 g/mol. The van der Waals surface area contributed by atoms with E-state index in [1.807, 2.05) is 54.6 Å². The zero-order chi connectivity index (χ0) is 47.3. The highest BCUT2D eigenvalue weighted by molar-refractivity contribution is 6.08. The maximum Gasteiger partial charge on any atom is 0.325 e. The summed E-state index contributed by atoms with van der Waals surface area (Å²) in [6.45, 7) is 0. The number of imide groups is 2. The lowest BCUT2D eigenvalue weighted by Gasteiger charge is -2.33. The SMILES string of the molecule is O=C(NO)C(C1CCCCC1)N1C(=O)NC(CCc2ccc(Cc3ccccc3)cc2)C1=O.O=C(NO)C(C1CCCCC1)N1C(=O)NC(CCc2ccc(Cc3ccccc3)cc2F)C1=O. The van der Waals surface area contributed by atoms with E-state index in [2.05, 4.69) is 47.0 Å². The molecule has 2 heterocycles. The Morgan fingerprint density at radius 2 is 0.955 bits per heavy atom. The fraction of sp³-hybridized carbons (Fsp3) is 0.423. The normalized spacial score (nSPS) is 19.8. The fourth-order valence-electron chi connectivity index (χ4n) is 10.1. The molecule has 4 atom stereocenters. The molecule has 354 valence electrons. The highest BCUT2D eigenvalue weighted by Crippen LogP contribution is 2.33. The van der Waals surface area contributed by atoms with Gasteiger partial charge in [-0.15, -0.1) is 0 Å². The number of carbonyl (C=O) groups excluding carboxylic acids is 6. The summed E-state index contributed by atoms with van der Waals surface area (Å²) in [6, 6.07) is 28.8. The summed E-state index contributed by atoms with van der Waals surface area (Å²) in [6.07, 6.45) is 11.8. The predicted molar refractivity (Wildman–Crippen MR) is 247 cm³/mol. The first-order valence-corrected chi connectivity index (χ1v) is 23.6. The van der Waals surface area contributed by atoms with Crippen molar-refractivity contribution in [3.8, 4) is 0 Å². The second kappa shape index (κ2) is 23.3. The zero-order valence-corrected chi connectivity index (χ0v) is 37.7. The molecule has 2 aliphatic carbocycles. The van der Waals surface area contributed by atoms with Gasteiger partial charge in [-0.1, -0.05) is 136 Å². The average molecular weight is 917 g/mol. The van der Waals surface area contributed by atoms with E-state index in [1.54, 1.807) is 17.0 Å². The topological polar surface area (TPSA) is 197 Å². The molecule has 4 aliphatic rings. The third-order valence-corrected chi connectivity index (χ3v) is 13.7. The van der Waals surface area contributed by atoms with Gasteiger partial charge in [-0.25, -0.2) is 34.7 Å². The molecule has 8 amide bonds. The van der Waals surface area contributed by atoms with E-state index in [0.29, 0.717) is 37.7 Å². The Kier molecular flexibility index (Phi) is 16.9. The molecule has 0 spiro atoms. The van der Waals surface area contributed by atoms with Crippen molar-refractivity contribution < 1.29 is 43.6 Å². The van der Waals surface area contributed by atoms with Crippen molar-refractivity contribution in [2.24, 2.45) is 11.8 Å². The molecule has 8 rings (SSSR count). The molecule has 4 unspecified atom stereocenters. The molecule has 6 N–H and O–H groups in total. The predicted octanol–water partition coefficient (Wildman–Crippen LogP) is 7.31. The van der Waals surface area contributed by atoms with Crippen molar-refractivity contribution in [1.82, 2.24) is 31.4 Å². The first kappa shape index (κ1) is 48.5. The van der Waals surface area contributed by atoms with E-state index in [1.165, 1.54) is 17.2 Å². The van der Waals surface area contributed by atoms with Crippen LogP contribution in [-0.4, -0.2) is 80.1 Å². The number of nitrogens with zero attached hydrogens (tertiary/aromatic N) is 2. The van der Waals surface area contributed by atoms with Crippen LogP contribution in [-0.2, 0) is 44.9 Å². The number of nitrogens with one attached hydrogen (secondary N) is 4. The maximum absolute atomic E-state index is 14.7. The first-order chi connectivity index (χ1) is 32.5. The number of aryl methyl sites for hydroxylation is 2. The highest BCUT2D eigenvalue weighted by Gasteiger charge is 2.49. The fourth-order valence-corrected chi connectivity index (χ4v) is 10.1. The van der Waals surface area contributed by atoms with Gasteiger partial charge in [0.05, 0.1) is 0 Å². The van der Waals surface area contributed by atoms with Crippen LogP contribution in [0.3, 0.4) is 0 Å². The van der Waals surface area contributed by atoms with Crippen LogP contribution < -0.4 is 21.6 Å². The summed E-state index contributed by atoms with van der Waals surface area (Å²) in [5.41, 5.74) is 9.25.